The summed E-state index contributed by atoms with van der Waals surface area (Å²) in [5, 5.41) is 0.237. The molecule has 1 unspecified atom stereocenters. The van der Waals surface area contributed by atoms with E-state index in [-0.39, 0.29) is 5.38 Å². The topological polar surface area (TPSA) is 18.5 Å². The van der Waals surface area contributed by atoms with Gasteiger partial charge in [0, 0.05) is 11.8 Å². The Bertz CT molecular complexity index is 390. The molecule has 0 amide bonds. The van der Waals surface area contributed by atoms with Crippen molar-refractivity contribution in [3.05, 3.63) is 23.8 Å². The zero-order chi connectivity index (χ0) is 13.0. The van der Waals surface area contributed by atoms with Crippen LogP contribution in [-0.2, 0) is 6.42 Å². The average molecular weight is 269 g/mol. The molecule has 0 radical (unpaired) electrons. The van der Waals surface area contributed by atoms with Crippen LogP contribution in [0.2, 0.25) is 0 Å². The highest BCUT2D eigenvalue weighted by molar-refractivity contribution is 6.20. The van der Waals surface area contributed by atoms with Gasteiger partial charge < -0.3 is 9.47 Å². The maximum Gasteiger partial charge on any atom is 0.161 e. The largest absolute Gasteiger partial charge is 0.490 e. The molecule has 1 aliphatic rings. The number of hydrogen-bond donors (Lipinski definition) is 0. The van der Waals surface area contributed by atoms with Gasteiger partial charge in [-0.2, -0.15) is 0 Å². The first-order chi connectivity index (χ1) is 8.66. The SMILES string of the molecule is CC(C)C(Cl)CCc1ccc2c(c1)OCCCO2. The molecule has 2 rings (SSSR count). The number of hydrogen-bond acceptors (Lipinski definition) is 2. The van der Waals surface area contributed by atoms with Crippen LogP contribution in [0.25, 0.3) is 0 Å². The average Bonchev–Trinajstić information content (AvgIpc) is 2.60. The number of fused-ring (bicyclic) bond motifs is 1. The maximum atomic E-state index is 6.28. The lowest BCUT2D eigenvalue weighted by Crippen LogP contribution is -2.08. The Morgan fingerprint density at radius 3 is 2.61 bits per heavy atom. The van der Waals surface area contributed by atoms with Gasteiger partial charge in [-0.15, -0.1) is 11.6 Å². The van der Waals surface area contributed by atoms with Crippen LogP contribution in [0.15, 0.2) is 18.2 Å². The predicted octanol–water partition coefficient (Wildman–Crippen LogP) is 4.04. The Morgan fingerprint density at radius 1 is 1.17 bits per heavy atom. The first-order valence-electron chi connectivity index (χ1n) is 6.69. The third-order valence-corrected chi connectivity index (χ3v) is 3.97. The lowest BCUT2D eigenvalue weighted by molar-refractivity contribution is 0.297. The summed E-state index contributed by atoms with van der Waals surface area (Å²) >= 11 is 6.28. The number of aryl methyl sites for hydroxylation is 1. The zero-order valence-corrected chi connectivity index (χ0v) is 11.9. The van der Waals surface area contributed by atoms with E-state index in [1.807, 2.05) is 6.07 Å². The van der Waals surface area contributed by atoms with E-state index in [0.29, 0.717) is 5.92 Å². The van der Waals surface area contributed by atoms with E-state index in [1.165, 1.54) is 5.56 Å². The van der Waals surface area contributed by atoms with Gasteiger partial charge in [0.05, 0.1) is 13.2 Å². The van der Waals surface area contributed by atoms with Gasteiger partial charge in [0.1, 0.15) is 0 Å². The van der Waals surface area contributed by atoms with Crippen molar-refractivity contribution >= 4 is 11.6 Å². The molecule has 0 aliphatic carbocycles. The Labute approximate surface area is 114 Å². The first kappa shape index (κ1) is 13.5. The normalized spacial score (nSPS) is 16.4. The molecule has 18 heavy (non-hydrogen) atoms. The van der Waals surface area contributed by atoms with Gasteiger partial charge in [-0.1, -0.05) is 19.9 Å². The molecule has 3 heteroatoms. The molecule has 1 aromatic carbocycles. The molecule has 1 aliphatic heterocycles. The van der Waals surface area contributed by atoms with E-state index in [2.05, 4.69) is 26.0 Å². The fourth-order valence-electron chi connectivity index (χ4n) is 2.00. The van der Waals surface area contributed by atoms with Gasteiger partial charge in [-0.25, -0.2) is 0 Å². The number of alkyl halides is 1. The van der Waals surface area contributed by atoms with Crippen LogP contribution in [-0.4, -0.2) is 18.6 Å². The molecule has 0 fully saturated rings. The zero-order valence-electron chi connectivity index (χ0n) is 11.1. The highest BCUT2D eigenvalue weighted by Gasteiger charge is 2.13. The van der Waals surface area contributed by atoms with Gasteiger partial charge in [0.25, 0.3) is 0 Å². The summed E-state index contributed by atoms with van der Waals surface area (Å²) in [6.07, 6.45) is 2.93. The lowest BCUT2D eigenvalue weighted by Gasteiger charge is -2.14. The first-order valence-corrected chi connectivity index (χ1v) is 7.13. The van der Waals surface area contributed by atoms with E-state index in [0.717, 1.165) is 44.0 Å². The smallest absolute Gasteiger partial charge is 0.161 e. The minimum atomic E-state index is 0.237. The van der Waals surface area contributed by atoms with E-state index in [4.69, 9.17) is 21.1 Å². The highest BCUT2D eigenvalue weighted by Crippen LogP contribution is 2.31. The number of benzene rings is 1. The van der Waals surface area contributed by atoms with Crippen molar-refractivity contribution in [2.24, 2.45) is 5.92 Å². The summed E-state index contributed by atoms with van der Waals surface area (Å²) < 4.78 is 11.3. The monoisotopic (exact) mass is 268 g/mol. The van der Waals surface area contributed by atoms with Gasteiger partial charge in [-0.05, 0) is 36.5 Å². The molecule has 0 saturated heterocycles. The third-order valence-electron chi connectivity index (χ3n) is 3.24. The fraction of sp³-hybridized carbons (Fsp3) is 0.600. The van der Waals surface area contributed by atoms with Crippen molar-refractivity contribution in [3.63, 3.8) is 0 Å². The van der Waals surface area contributed by atoms with Crippen molar-refractivity contribution < 1.29 is 9.47 Å². The maximum absolute atomic E-state index is 6.28. The van der Waals surface area contributed by atoms with E-state index in [9.17, 15) is 0 Å². The van der Waals surface area contributed by atoms with Gasteiger partial charge in [0.15, 0.2) is 11.5 Å². The Hall–Kier alpha value is -0.890. The summed E-state index contributed by atoms with van der Waals surface area (Å²) in [5.74, 6) is 2.26. The van der Waals surface area contributed by atoms with Crippen LogP contribution in [0.3, 0.4) is 0 Å². The molecule has 0 spiro atoms. The molecule has 0 aromatic heterocycles. The van der Waals surface area contributed by atoms with Crippen LogP contribution in [0.5, 0.6) is 11.5 Å². The minimum Gasteiger partial charge on any atom is -0.490 e. The standard InChI is InChI=1S/C15H21ClO2/c1-11(2)13(16)6-4-12-5-7-14-15(10-12)18-9-3-8-17-14/h5,7,10-11,13H,3-4,6,8-9H2,1-2H3. The molecule has 0 saturated carbocycles. The molecular formula is C15H21ClO2. The second-order valence-corrected chi connectivity index (χ2v) is 5.69. The fourth-order valence-corrected chi connectivity index (χ4v) is 2.11. The van der Waals surface area contributed by atoms with Gasteiger partial charge in [-0.3, -0.25) is 0 Å². The second kappa shape index (κ2) is 6.33. The van der Waals surface area contributed by atoms with Crippen LogP contribution >= 0.6 is 11.6 Å². The van der Waals surface area contributed by atoms with Crippen molar-refractivity contribution in [1.29, 1.82) is 0 Å². The number of halogens is 1. The van der Waals surface area contributed by atoms with E-state index >= 15 is 0 Å². The van der Waals surface area contributed by atoms with Crippen LogP contribution in [0.4, 0.5) is 0 Å². The summed E-state index contributed by atoms with van der Waals surface area (Å²) in [6, 6.07) is 6.20. The minimum absolute atomic E-state index is 0.237. The molecule has 0 bridgehead atoms. The van der Waals surface area contributed by atoms with E-state index < -0.39 is 0 Å². The summed E-state index contributed by atoms with van der Waals surface area (Å²) in [7, 11) is 0. The van der Waals surface area contributed by atoms with Gasteiger partial charge >= 0.3 is 0 Å². The molecule has 2 nitrogen and oxygen atoms in total. The van der Waals surface area contributed by atoms with Crippen molar-refractivity contribution in [1.82, 2.24) is 0 Å². The molecule has 1 aromatic rings. The Kier molecular flexibility index (Phi) is 4.76. The molecular weight excluding hydrogens is 248 g/mol. The van der Waals surface area contributed by atoms with Gasteiger partial charge in [0.2, 0.25) is 0 Å². The molecule has 100 valence electrons. The second-order valence-electron chi connectivity index (χ2n) is 5.13. The van der Waals surface area contributed by atoms with Crippen LogP contribution in [0.1, 0.15) is 32.3 Å². The molecule has 1 heterocycles. The highest BCUT2D eigenvalue weighted by atomic mass is 35.5. The number of rotatable bonds is 4. The number of ether oxygens (including phenoxy) is 2. The Morgan fingerprint density at radius 2 is 1.89 bits per heavy atom. The molecule has 0 N–H and O–H groups in total. The van der Waals surface area contributed by atoms with Crippen molar-refractivity contribution in [2.75, 3.05) is 13.2 Å². The quantitative estimate of drug-likeness (QED) is 0.767. The van der Waals surface area contributed by atoms with Crippen LogP contribution in [0, 0.1) is 5.92 Å². The summed E-state index contributed by atoms with van der Waals surface area (Å²) in [5.41, 5.74) is 1.27. The van der Waals surface area contributed by atoms with Crippen molar-refractivity contribution in [3.8, 4) is 11.5 Å². The third kappa shape index (κ3) is 3.55. The Balaban J connectivity index is 2.00. The summed E-state index contributed by atoms with van der Waals surface area (Å²) in [6.45, 7) is 5.79. The lowest BCUT2D eigenvalue weighted by atomic mass is 10.0. The van der Waals surface area contributed by atoms with Crippen molar-refractivity contribution in [2.45, 2.75) is 38.5 Å². The van der Waals surface area contributed by atoms with E-state index in [1.54, 1.807) is 0 Å². The molecule has 1 atom stereocenters. The summed E-state index contributed by atoms with van der Waals surface area (Å²) in [4.78, 5) is 0. The predicted molar refractivity (Wildman–Crippen MR) is 74.8 cm³/mol. The van der Waals surface area contributed by atoms with Crippen LogP contribution < -0.4 is 9.47 Å².